The molecule has 17 heavy (non-hydrogen) atoms. The highest BCUT2D eigenvalue weighted by molar-refractivity contribution is 6.91. The van der Waals surface area contributed by atoms with Gasteiger partial charge in [-0.1, -0.05) is 30.4 Å². The van der Waals surface area contributed by atoms with Gasteiger partial charge in [0, 0.05) is 6.04 Å². The summed E-state index contributed by atoms with van der Waals surface area (Å²) in [7, 11) is -0.0965. The fourth-order valence-electron chi connectivity index (χ4n) is 1.72. The lowest BCUT2D eigenvalue weighted by atomic mass is 10.3. The van der Waals surface area contributed by atoms with Gasteiger partial charge < -0.3 is 9.47 Å². The molecule has 3 nitrogen and oxygen atoms in total. The number of esters is 1. The van der Waals surface area contributed by atoms with Gasteiger partial charge in [0.1, 0.15) is 5.75 Å². The van der Waals surface area contributed by atoms with E-state index in [1.807, 2.05) is 31.2 Å². The summed E-state index contributed by atoms with van der Waals surface area (Å²) in [5.74, 6) is 0.745. The lowest BCUT2D eigenvalue weighted by molar-refractivity contribution is -0.140. The van der Waals surface area contributed by atoms with Crippen molar-refractivity contribution in [1.82, 2.24) is 0 Å². The molecule has 94 valence electrons. The molecule has 0 fully saturated rings. The zero-order valence-corrected chi connectivity index (χ0v) is 11.9. The van der Waals surface area contributed by atoms with Crippen LogP contribution >= 0.6 is 0 Å². The zero-order valence-electron chi connectivity index (χ0n) is 10.9. The number of carbonyl (C=O) groups excluding carboxylic acids is 1. The number of methoxy groups -OCH3 is 1. The predicted octanol–water partition coefficient (Wildman–Crippen LogP) is 2.17. The van der Waals surface area contributed by atoms with Crippen molar-refractivity contribution in [2.45, 2.75) is 26.1 Å². The summed E-state index contributed by atoms with van der Waals surface area (Å²) < 4.78 is 10.1. The summed E-state index contributed by atoms with van der Waals surface area (Å²) in [5, 5.41) is 1.24. The number of carbonyl (C=O) groups is 1. The van der Waals surface area contributed by atoms with E-state index in [4.69, 9.17) is 9.47 Å². The second-order valence-corrected chi connectivity index (χ2v) is 9.29. The molecule has 0 N–H and O–H groups in total. The van der Waals surface area contributed by atoms with Gasteiger partial charge in [0.15, 0.2) is 0 Å². The Bertz CT molecular complexity index is 371. The number of hydrogen-bond acceptors (Lipinski definition) is 3. The van der Waals surface area contributed by atoms with Crippen molar-refractivity contribution in [1.29, 1.82) is 0 Å². The zero-order chi connectivity index (χ0) is 12.9. The fraction of sp³-hybridized carbons (Fsp3) is 0.462. The maximum atomic E-state index is 11.5. The molecule has 0 bridgehead atoms. The van der Waals surface area contributed by atoms with Gasteiger partial charge >= 0.3 is 5.97 Å². The van der Waals surface area contributed by atoms with Crippen LogP contribution in [0.15, 0.2) is 24.3 Å². The van der Waals surface area contributed by atoms with Crippen LogP contribution in [0.5, 0.6) is 5.75 Å². The lowest BCUT2D eigenvalue weighted by Crippen LogP contribution is -2.43. The Morgan fingerprint density at radius 3 is 2.29 bits per heavy atom. The minimum atomic E-state index is -1.75. The Hall–Kier alpha value is -1.29. The molecule has 1 aromatic rings. The molecule has 0 unspecified atom stereocenters. The third-order valence-corrected chi connectivity index (χ3v) is 5.83. The first-order valence-electron chi connectivity index (χ1n) is 5.79. The summed E-state index contributed by atoms with van der Waals surface area (Å²) in [4.78, 5) is 11.5. The summed E-state index contributed by atoms with van der Waals surface area (Å²) in [5.41, 5.74) is 0. The molecule has 0 aliphatic heterocycles. The van der Waals surface area contributed by atoms with Crippen molar-refractivity contribution in [2.75, 3.05) is 13.7 Å². The Balaban J connectivity index is 2.77. The van der Waals surface area contributed by atoms with E-state index in [1.165, 1.54) is 5.19 Å². The summed E-state index contributed by atoms with van der Waals surface area (Å²) >= 11 is 0. The Labute approximate surface area is 104 Å². The molecule has 0 amide bonds. The molecule has 0 saturated heterocycles. The van der Waals surface area contributed by atoms with Crippen LogP contribution in [0.3, 0.4) is 0 Å². The molecule has 1 aromatic carbocycles. The molecule has 0 aromatic heterocycles. The third-order valence-electron chi connectivity index (χ3n) is 2.76. The van der Waals surface area contributed by atoms with Crippen molar-refractivity contribution >= 4 is 19.2 Å². The van der Waals surface area contributed by atoms with Gasteiger partial charge in [-0.15, -0.1) is 0 Å². The van der Waals surface area contributed by atoms with Crippen molar-refractivity contribution in [3.8, 4) is 5.75 Å². The molecule has 0 radical (unpaired) electrons. The normalized spacial score (nSPS) is 11.1. The van der Waals surface area contributed by atoms with Gasteiger partial charge in [-0.25, -0.2) is 0 Å². The van der Waals surface area contributed by atoms with Gasteiger partial charge in [-0.05, 0) is 19.1 Å². The van der Waals surface area contributed by atoms with Crippen LogP contribution in [-0.2, 0) is 9.53 Å². The standard InChI is InChI=1S/C13H20O3Si/c1-5-16-13(14)10-17(3,4)12-8-6-11(15-2)7-9-12/h6-9H,5,10H2,1-4H3. The Kier molecular flexibility index (Phi) is 4.75. The third kappa shape index (κ3) is 3.89. The molecular weight excluding hydrogens is 232 g/mol. The number of ether oxygens (including phenoxy) is 2. The van der Waals surface area contributed by atoms with Crippen molar-refractivity contribution in [3.05, 3.63) is 24.3 Å². The SMILES string of the molecule is CCOC(=O)C[Si](C)(C)c1ccc(OC)cc1. The van der Waals surface area contributed by atoms with Crippen molar-refractivity contribution in [2.24, 2.45) is 0 Å². The quantitative estimate of drug-likeness (QED) is 0.595. The van der Waals surface area contributed by atoms with Crippen LogP contribution < -0.4 is 9.92 Å². The average Bonchev–Trinajstić information content (AvgIpc) is 2.28. The van der Waals surface area contributed by atoms with E-state index in [-0.39, 0.29) is 5.97 Å². The molecule has 0 spiro atoms. The second-order valence-electron chi connectivity index (χ2n) is 4.59. The molecule has 0 heterocycles. The number of rotatable bonds is 5. The van der Waals surface area contributed by atoms with E-state index in [2.05, 4.69) is 13.1 Å². The van der Waals surface area contributed by atoms with E-state index in [1.54, 1.807) is 7.11 Å². The molecule has 0 aliphatic rings. The molecule has 0 aliphatic carbocycles. The maximum Gasteiger partial charge on any atom is 0.303 e. The topological polar surface area (TPSA) is 35.5 Å². The maximum absolute atomic E-state index is 11.5. The first-order chi connectivity index (χ1) is 7.99. The minimum absolute atomic E-state index is 0.0972. The molecule has 0 saturated carbocycles. The van der Waals surface area contributed by atoms with Gasteiger partial charge in [-0.2, -0.15) is 0 Å². The first kappa shape index (κ1) is 13.8. The van der Waals surface area contributed by atoms with Crippen LogP contribution in [0.25, 0.3) is 0 Å². The molecule has 4 heteroatoms. The smallest absolute Gasteiger partial charge is 0.303 e. The van der Waals surface area contributed by atoms with E-state index in [9.17, 15) is 4.79 Å². The highest BCUT2D eigenvalue weighted by Crippen LogP contribution is 2.14. The highest BCUT2D eigenvalue weighted by Gasteiger charge is 2.27. The largest absolute Gasteiger partial charge is 0.497 e. The summed E-state index contributed by atoms with van der Waals surface area (Å²) in [6.45, 7) is 6.63. The van der Waals surface area contributed by atoms with Crippen molar-refractivity contribution in [3.63, 3.8) is 0 Å². The van der Waals surface area contributed by atoms with Gasteiger partial charge in [0.25, 0.3) is 0 Å². The lowest BCUT2D eigenvalue weighted by Gasteiger charge is -2.21. The average molecular weight is 252 g/mol. The van der Waals surface area contributed by atoms with E-state index in [0.717, 1.165) is 5.75 Å². The van der Waals surface area contributed by atoms with Crippen LogP contribution in [0.4, 0.5) is 0 Å². The number of hydrogen-bond donors (Lipinski definition) is 0. The van der Waals surface area contributed by atoms with E-state index >= 15 is 0 Å². The van der Waals surface area contributed by atoms with Crippen molar-refractivity contribution < 1.29 is 14.3 Å². The van der Waals surface area contributed by atoms with Gasteiger partial charge in [-0.3, -0.25) is 4.79 Å². The monoisotopic (exact) mass is 252 g/mol. The summed E-state index contributed by atoms with van der Waals surface area (Å²) in [6.07, 6.45) is 0. The minimum Gasteiger partial charge on any atom is -0.497 e. The van der Waals surface area contributed by atoms with Gasteiger partial charge in [0.05, 0.1) is 21.8 Å². The number of benzene rings is 1. The van der Waals surface area contributed by atoms with Crippen LogP contribution in [0.1, 0.15) is 6.92 Å². The molecule has 0 atom stereocenters. The van der Waals surface area contributed by atoms with Crippen LogP contribution in [0, 0.1) is 0 Å². The molecular formula is C13H20O3Si. The first-order valence-corrected chi connectivity index (χ1v) is 9.00. The summed E-state index contributed by atoms with van der Waals surface area (Å²) in [6, 6.07) is 8.49. The second kappa shape index (κ2) is 5.86. The van der Waals surface area contributed by atoms with Crippen LogP contribution in [-0.4, -0.2) is 27.8 Å². The highest BCUT2D eigenvalue weighted by atomic mass is 28.3. The van der Waals surface area contributed by atoms with Gasteiger partial charge in [0.2, 0.25) is 0 Å². The Morgan fingerprint density at radius 1 is 1.24 bits per heavy atom. The van der Waals surface area contributed by atoms with Crippen LogP contribution in [0.2, 0.25) is 19.1 Å². The predicted molar refractivity (Wildman–Crippen MR) is 71.6 cm³/mol. The Morgan fingerprint density at radius 2 is 1.82 bits per heavy atom. The van der Waals surface area contributed by atoms with E-state index < -0.39 is 8.07 Å². The fourth-order valence-corrected chi connectivity index (χ4v) is 3.81. The van der Waals surface area contributed by atoms with E-state index in [0.29, 0.717) is 12.7 Å². The molecule has 1 rings (SSSR count).